The average molecular weight is 397 g/mol. The SMILES string of the molecule is Cc1cc(N/C=C2/C(=O)Nc3cccc(F)c32)ccc1N(C)CCC1OCCO1. The highest BCUT2D eigenvalue weighted by Gasteiger charge is 2.27. The van der Waals surface area contributed by atoms with E-state index < -0.39 is 5.82 Å². The number of ether oxygens (including phenoxy) is 2. The molecule has 0 radical (unpaired) electrons. The maximum atomic E-state index is 14.1. The number of carbonyl (C=O) groups is 1. The molecule has 6 nitrogen and oxygen atoms in total. The van der Waals surface area contributed by atoms with Crippen molar-refractivity contribution >= 4 is 28.5 Å². The van der Waals surface area contributed by atoms with Gasteiger partial charge in [-0.25, -0.2) is 4.39 Å². The molecular weight excluding hydrogens is 373 g/mol. The number of fused-ring (bicyclic) bond motifs is 1. The first-order valence-electron chi connectivity index (χ1n) is 9.65. The molecule has 2 aromatic carbocycles. The summed E-state index contributed by atoms with van der Waals surface area (Å²) in [4.78, 5) is 14.3. The fraction of sp³-hybridized carbons (Fsp3) is 0.318. The van der Waals surface area contributed by atoms with E-state index >= 15 is 0 Å². The number of hydrogen-bond donors (Lipinski definition) is 2. The number of rotatable bonds is 6. The molecule has 0 unspecified atom stereocenters. The number of benzene rings is 2. The molecule has 0 bridgehead atoms. The summed E-state index contributed by atoms with van der Waals surface area (Å²) >= 11 is 0. The largest absolute Gasteiger partial charge is 0.374 e. The second kappa shape index (κ2) is 8.23. The molecule has 0 aromatic heterocycles. The molecule has 0 spiro atoms. The zero-order valence-electron chi connectivity index (χ0n) is 16.5. The molecule has 2 aliphatic heterocycles. The highest BCUT2D eigenvalue weighted by molar-refractivity contribution is 6.31. The van der Waals surface area contributed by atoms with Crippen molar-refractivity contribution in [1.29, 1.82) is 0 Å². The van der Waals surface area contributed by atoms with E-state index in [1.54, 1.807) is 18.3 Å². The van der Waals surface area contributed by atoms with Crippen LogP contribution in [0.3, 0.4) is 0 Å². The molecule has 0 saturated carbocycles. The Hall–Kier alpha value is -2.90. The molecule has 0 aliphatic carbocycles. The summed E-state index contributed by atoms with van der Waals surface area (Å²) in [6.07, 6.45) is 2.24. The first-order chi connectivity index (χ1) is 14.0. The van der Waals surface area contributed by atoms with Gasteiger partial charge in [-0.3, -0.25) is 4.79 Å². The first-order valence-corrected chi connectivity index (χ1v) is 9.65. The van der Waals surface area contributed by atoms with Gasteiger partial charge < -0.3 is 25.0 Å². The van der Waals surface area contributed by atoms with E-state index in [0.717, 1.165) is 29.9 Å². The molecule has 2 aromatic rings. The predicted molar refractivity (Wildman–Crippen MR) is 111 cm³/mol. The first kappa shape index (κ1) is 19.4. The third-order valence-electron chi connectivity index (χ3n) is 5.16. The Morgan fingerprint density at radius 1 is 1.28 bits per heavy atom. The molecule has 4 rings (SSSR count). The van der Waals surface area contributed by atoms with Crippen molar-refractivity contribution in [3.63, 3.8) is 0 Å². The van der Waals surface area contributed by atoms with Crippen LogP contribution < -0.4 is 15.5 Å². The van der Waals surface area contributed by atoms with Crippen LogP contribution in [0, 0.1) is 12.7 Å². The minimum atomic E-state index is -0.419. The fourth-order valence-corrected chi connectivity index (χ4v) is 3.67. The van der Waals surface area contributed by atoms with Crippen LogP contribution in [0.15, 0.2) is 42.6 Å². The molecular formula is C22H24FN3O3. The third kappa shape index (κ3) is 4.11. The van der Waals surface area contributed by atoms with Gasteiger partial charge >= 0.3 is 0 Å². The van der Waals surface area contributed by atoms with Crippen LogP contribution >= 0.6 is 0 Å². The van der Waals surface area contributed by atoms with Gasteiger partial charge in [0.25, 0.3) is 5.91 Å². The summed E-state index contributed by atoms with van der Waals surface area (Å²) in [6, 6.07) is 10.6. The van der Waals surface area contributed by atoms with Crippen molar-refractivity contribution in [3.8, 4) is 0 Å². The van der Waals surface area contributed by atoms with Gasteiger partial charge in [-0.05, 0) is 42.8 Å². The number of nitrogens with zero attached hydrogens (tertiary/aromatic N) is 1. The summed E-state index contributed by atoms with van der Waals surface area (Å²) in [5.74, 6) is -0.737. The number of aryl methyl sites for hydroxylation is 1. The summed E-state index contributed by atoms with van der Waals surface area (Å²) in [7, 11) is 2.04. The van der Waals surface area contributed by atoms with Crippen LogP contribution in [0.5, 0.6) is 0 Å². The highest BCUT2D eigenvalue weighted by Crippen LogP contribution is 2.34. The second-order valence-electron chi connectivity index (χ2n) is 7.20. The van der Waals surface area contributed by atoms with Gasteiger partial charge in [0.05, 0.1) is 24.5 Å². The Labute approximate surface area is 169 Å². The number of nitrogens with one attached hydrogen (secondary N) is 2. The normalized spacial score (nSPS) is 17.5. The minimum absolute atomic E-state index is 0.119. The van der Waals surface area contributed by atoms with Gasteiger partial charge in [-0.15, -0.1) is 0 Å². The van der Waals surface area contributed by atoms with Crippen molar-refractivity contribution in [3.05, 3.63) is 59.5 Å². The Kier molecular flexibility index (Phi) is 5.51. The predicted octanol–water partition coefficient (Wildman–Crippen LogP) is 3.74. The smallest absolute Gasteiger partial charge is 0.257 e. The topological polar surface area (TPSA) is 62.8 Å². The monoisotopic (exact) mass is 397 g/mol. The Morgan fingerprint density at radius 2 is 2.07 bits per heavy atom. The summed E-state index contributed by atoms with van der Waals surface area (Å²) in [6.45, 7) is 4.17. The van der Waals surface area contributed by atoms with Crippen LogP contribution in [0.2, 0.25) is 0 Å². The van der Waals surface area contributed by atoms with E-state index in [0.29, 0.717) is 24.5 Å². The van der Waals surface area contributed by atoms with Crippen molar-refractivity contribution in [1.82, 2.24) is 0 Å². The molecule has 2 aliphatic rings. The quantitative estimate of drug-likeness (QED) is 0.727. The Bertz CT molecular complexity index is 954. The van der Waals surface area contributed by atoms with Gasteiger partial charge in [0.1, 0.15) is 5.82 Å². The number of hydrogen-bond acceptors (Lipinski definition) is 5. The maximum Gasteiger partial charge on any atom is 0.257 e. The van der Waals surface area contributed by atoms with Crippen LogP contribution in [-0.4, -0.2) is 39.0 Å². The molecule has 0 atom stereocenters. The molecule has 1 amide bonds. The van der Waals surface area contributed by atoms with E-state index in [1.807, 2.05) is 32.2 Å². The van der Waals surface area contributed by atoms with Crippen LogP contribution in [0.25, 0.3) is 5.57 Å². The summed E-state index contributed by atoms with van der Waals surface area (Å²) in [5, 5.41) is 5.80. The highest BCUT2D eigenvalue weighted by atomic mass is 19.1. The Balaban J connectivity index is 1.45. The van der Waals surface area contributed by atoms with Gasteiger partial charge in [0, 0.05) is 43.2 Å². The lowest BCUT2D eigenvalue weighted by molar-refractivity contribution is -0.110. The summed E-state index contributed by atoms with van der Waals surface area (Å²) < 4.78 is 25.1. The van der Waals surface area contributed by atoms with E-state index in [4.69, 9.17) is 9.47 Å². The lowest BCUT2D eigenvalue weighted by Crippen LogP contribution is -2.24. The van der Waals surface area contributed by atoms with Gasteiger partial charge in [-0.2, -0.15) is 0 Å². The number of carbonyl (C=O) groups excluding carboxylic acids is 1. The maximum absolute atomic E-state index is 14.1. The second-order valence-corrected chi connectivity index (χ2v) is 7.20. The van der Waals surface area contributed by atoms with Crippen LogP contribution in [-0.2, 0) is 14.3 Å². The molecule has 7 heteroatoms. The van der Waals surface area contributed by atoms with E-state index in [-0.39, 0.29) is 17.8 Å². The Morgan fingerprint density at radius 3 is 2.83 bits per heavy atom. The van der Waals surface area contributed by atoms with Gasteiger partial charge in [-0.1, -0.05) is 6.07 Å². The van der Waals surface area contributed by atoms with E-state index in [9.17, 15) is 9.18 Å². The fourth-order valence-electron chi connectivity index (χ4n) is 3.67. The zero-order chi connectivity index (χ0) is 20.4. The molecule has 29 heavy (non-hydrogen) atoms. The standard InChI is InChI=1S/C22H24FN3O3/c1-14-12-15(6-7-19(14)26(2)9-8-20-28-10-11-29-20)24-13-16-21-17(23)4-3-5-18(21)25-22(16)27/h3-7,12-13,20,24H,8-11H2,1-2H3,(H,25,27)/b16-13+. The zero-order valence-corrected chi connectivity index (χ0v) is 16.5. The third-order valence-corrected chi connectivity index (χ3v) is 5.16. The molecule has 1 saturated heterocycles. The molecule has 2 heterocycles. The van der Waals surface area contributed by atoms with Crippen molar-refractivity contribution in [2.24, 2.45) is 0 Å². The van der Waals surface area contributed by atoms with Crippen molar-refractivity contribution < 1.29 is 18.7 Å². The van der Waals surface area contributed by atoms with Crippen molar-refractivity contribution in [2.75, 3.05) is 42.3 Å². The number of halogens is 1. The number of amides is 1. The lowest BCUT2D eigenvalue weighted by Gasteiger charge is -2.23. The minimum Gasteiger partial charge on any atom is -0.374 e. The van der Waals surface area contributed by atoms with Crippen LogP contribution in [0.4, 0.5) is 21.5 Å². The molecule has 152 valence electrons. The molecule has 1 fully saturated rings. The lowest BCUT2D eigenvalue weighted by atomic mass is 10.1. The van der Waals surface area contributed by atoms with Gasteiger partial charge in [0.2, 0.25) is 0 Å². The van der Waals surface area contributed by atoms with Crippen molar-refractivity contribution in [2.45, 2.75) is 19.6 Å². The van der Waals surface area contributed by atoms with E-state index in [1.165, 1.54) is 6.07 Å². The van der Waals surface area contributed by atoms with Gasteiger partial charge in [0.15, 0.2) is 6.29 Å². The summed E-state index contributed by atoms with van der Waals surface area (Å²) in [5.41, 5.74) is 4.10. The van der Waals surface area contributed by atoms with Crippen LogP contribution in [0.1, 0.15) is 17.5 Å². The van der Waals surface area contributed by atoms with E-state index in [2.05, 4.69) is 15.5 Å². The molecule has 2 N–H and O–H groups in total. The number of anilines is 3. The average Bonchev–Trinajstić information content (AvgIpc) is 3.32.